The van der Waals surface area contributed by atoms with E-state index in [0.717, 1.165) is 31.1 Å². The number of hydrogen-bond acceptors (Lipinski definition) is 3. The van der Waals surface area contributed by atoms with Gasteiger partial charge >= 0.3 is 12.0 Å². The zero-order chi connectivity index (χ0) is 15.1. The van der Waals surface area contributed by atoms with E-state index in [1.54, 1.807) is 24.3 Å². The van der Waals surface area contributed by atoms with Crippen LogP contribution in [0.1, 0.15) is 18.4 Å². The minimum Gasteiger partial charge on any atom is -0.478 e. The van der Waals surface area contributed by atoms with Crippen LogP contribution in [0, 0.1) is 0 Å². The van der Waals surface area contributed by atoms with Gasteiger partial charge in [0.15, 0.2) is 0 Å². The van der Waals surface area contributed by atoms with Crippen LogP contribution < -0.4 is 10.6 Å². The molecule has 1 aliphatic rings. The SMILES string of the molecule is O=C(O)C=Cc1ccc(NC(=O)NC2CCCOC2)cc1. The Hall–Kier alpha value is -2.34. The van der Waals surface area contributed by atoms with Gasteiger partial charge in [0.25, 0.3) is 0 Å². The molecule has 1 saturated heterocycles. The van der Waals surface area contributed by atoms with Crippen molar-refractivity contribution in [2.24, 2.45) is 0 Å². The minimum absolute atomic E-state index is 0.0523. The highest BCUT2D eigenvalue weighted by atomic mass is 16.5. The number of ether oxygens (including phenoxy) is 1. The first-order valence-corrected chi connectivity index (χ1v) is 6.80. The lowest BCUT2D eigenvalue weighted by molar-refractivity contribution is -0.131. The van der Waals surface area contributed by atoms with Gasteiger partial charge in [0, 0.05) is 18.4 Å². The van der Waals surface area contributed by atoms with Gasteiger partial charge in [0.05, 0.1) is 12.6 Å². The van der Waals surface area contributed by atoms with E-state index in [9.17, 15) is 9.59 Å². The van der Waals surface area contributed by atoms with E-state index >= 15 is 0 Å². The van der Waals surface area contributed by atoms with Crippen LogP contribution in [0.25, 0.3) is 6.08 Å². The van der Waals surface area contributed by atoms with Crippen molar-refractivity contribution in [3.05, 3.63) is 35.9 Å². The third kappa shape index (κ3) is 5.27. The van der Waals surface area contributed by atoms with Crippen molar-refractivity contribution in [3.8, 4) is 0 Å². The molecular formula is C15H18N2O4. The first-order valence-electron chi connectivity index (χ1n) is 6.80. The molecule has 0 saturated carbocycles. The number of nitrogens with one attached hydrogen (secondary N) is 2. The van der Waals surface area contributed by atoms with E-state index in [1.807, 2.05) is 0 Å². The van der Waals surface area contributed by atoms with Crippen molar-refractivity contribution in [2.75, 3.05) is 18.5 Å². The summed E-state index contributed by atoms with van der Waals surface area (Å²) in [6.07, 6.45) is 4.44. The topological polar surface area (TPSA) is 87.7 Å². The first-order chi connectivity index (χ1) is 10.1. The van der Waals surface area contributed by atoms with Crippen LogP contribution in [-0.4, -0.2) is 36.4 Å². The molecule has 1 unspecified atom stereocenters. The van der Waals surface area contributed by atoms with Crippen LogP contribution in [0.15, 0.2) is 30.3 Å². The number of carbonyl (C=O) groups is 2. The third-order valence-electron chi connectivity index (χ3n) is 3.08. The van der Waals surface area contributed by atoms with Crippen molar-refractivity contribution in [2.45, 2.75) is 18.9 Å². The molecule has 3 N–H and O–H groups in total. The van der Waals surface area contributed by atoms with Gasteiger partial charge in [-0.2, -0.15) is 0 Å². The van der Waals surface area contributed by atoms with E-state index < -0.39 is 5.97 Å². The van der Waals surface area contributed by atoms with Crippen LogP contribution in [0.3, 0.4) is 0 Å². The number of carboxylic acid groups (broad SMARTS) is 1. The molecule has 2 amide bonds. The number of hydrogen-bond donors (Lipinski definition) is 3. The van der Waals surface area contributed by atoms with Gasteiger partial charge in [-0.25, -0.2) is 9.59 Å². The fourth-order valence-electron chi connectivity index (χ4n) is 2.05. The first kappa shape index (κ1) is 15.1. The van der Waals surface area contributed by atoms with Crippen LogP contribution in [0.2, 0.25) is 0 Å². The number of carbonyl (C=O) groups excluding carboxylic acids is 1. The Kier molecular flexibility index (Phi) is 5.34. The number of anilines is 1. The normalized spacial score (nSPS) is 18.4. The van der Waals surface area contributed by atoms with Crippen molar-refractivity contribution >= 4 is 23.8 Å². The molecule has 1 heterocycles. The molecular weight excluding hydrogens is 272 g/mol. The number of carboxylic acids is 1. The molecule has 0 spiro atoms. The fraction of sp³-hybridized carbons (Fsp3) is 0.333. The Morgan fingerprint density at radius 3 is 2.67 bits per heavy atom. The van der Waals surface area contributed by atoms with E-state index in [4.69, 9.17) is 9.84 Å². The number of aliphatic carboxylic acids is 1. The molecule has 21 heavy (non-hydrogen) atoms. The van der Waals surface area contributed by atoms with E-state index in [-0.39, 0.29) is 12.1 Å². The summed E-state index contributed by atoms with van der Waals surface area (Å²) in [7, 11) is 0. The second-order valence-corrected chi connectivity index (χ2v) is 4.81. The summed E-state index contributed by atoms with van der Waals surface area (Å²) in [6, 6.07) is 6.70. The predicted octanol–water partition coefficient (Wildman–Crippen LogP) is 2.08. The second-order valence-electron chi connectivity index (χ2n) is 4.81. The van der Waals surface area contributed by atoms with Crippen molar-refractivity contribution in [3.63, 3.8) is 0 Å². The number of rotatable bonds is 4. The molecule has 1 aliphatic heterocycles. The van der Waals surface area contributed by atoms with E-state index in [2.05, 4.69) is 10.6 Å². The Bertz CT molecular complexity index is 519. The lowest BCUT2D eigenvalue weighted by Gasteiger charge is -2.23. The summed E-state index contributed by atoms with van der Waals surface area (Å²) in [4.78, 5) is 22.2. The smallest absolute Gasteiger partial charge is 0.328 e. The number of urea groups is 1. The van der Waals surface area contributed by atoms with E-state index in [0.29, 0.717) is 12.3 Å². The van der Waals surface area contributed by atoms with Gasteiger partial charge in [-0.05, 0) is 36.6 Å². The van der Waals surface area contributed by atoms with Gasteiger partial charge in [-0.1, -0.05) is 12.1 Å². The minimum atomic E-state index is -0.994. The highest BCUT2D eigenvalue weighted by Gasteiger charge is 2.15. The number of benzene rings is 1. The fourth-order valence-corrected chi connectivity index (χ4v) is 2.05. The highest BCUT2D eigenvalue weighted by molar-refractivity contribution is 5.90. The Morgan fingerprint density at radius 2 is 2.05 bits per heavy atom. The van der Waals surface area contributed by atoms with Crippen LogP contribution in [0.5, 0.6) is 0 Å². The molecule has 1 aromatic carbocycles. The summed E-state index contributed by atoms with van der Waals surface area (Å²) < 4.78 is 5.30. The lowest BCUT2D eigenvalue weighted by atomic mass is 10.1. The molecule has 1 atom stereocenters. The molecule has 1 aromatic rings. The van der Waals surface area contributed by atoms with Gasteiger partial charge in [-0.3, -0.25) is 0 Å². The Morgan fingerprint density at radius 1 is 1.29 bits per heavy atom. The van der Waals surface area contributed by atoms with Crippen LogP contribution in [0.4, 0.5) is 10.5 Å². The average Bonchev–Trinajstić information content (AvgIpc) is 2.47. The maximum absolute atomic E-state index is 11.8. The van der Waals surface area contributed by atoms with Crippen LogP contribution in [-0.2, 0) is 9.53 Å². The molecule has 6 nitrogen and oxygen atoms in total. The van der Waals surface area contributed by atoms with Crippen molar-refractivity contribution in [1.82, 2.24) is 5.32 Å². The monoisotopic (exact) mass is 290 g/mol. The third-order valence-corrected chi connectivity index (χ3v) is 3.08. The summed E-state index contributed by atoms with van der Waals surface area (Å²) in [5, 5.41) is 14.1. The quantitative estimate of drug-likeness (QED) is 0.741. The van der Waals surface area contributed by atoms with Gasteiger partial charge in [-0.15, -0.1) is 0 Å². The molecule has 6 heteroatoms. The molecule has 1 fully saturated rings. The van der Waals surface area contributed by atoms with Crippen LogP contribution >= 0.6 is 0 Å². The predicted molar refractivity (Wildman–Crippen MR) is 79.1 cm³/mol. The summed E-state index contributed by atoms with van der Waals surface area (Å²) >= 11 is 0. The average molecular weight is 290 g/mol. The lowest BCUT2D eigenvalue weighted by Crippen LogP contribution is -2.42. The van der Waals surface area contributed by atoms with Gasteiger partial charge < -0.3 is 20.5 Å². The standard InChI is InChI=1S/C15H18N2O4/c18-14(19)8-5-11-3-6-12(7-4-11)16-15(20)17-13-2-1-9-21-10-13/h3-8,13H,1-2,9-10H2,(H,18,19)(H2,16,17,20). The summed E-state index contributed by atoms with van der Waals surface area (Å²) in [5.41, 5.74) is 1.40. The Balaban J connectivity index is 1.84. The summed E-state index contributed by atoms with van der Waals surface area (Å²) in [6.45, 7) is 1.30. The maximum Gasteiger partial charge on any atom is 0.328 e. The molecule has 0 aromatic heterocycles. The van der Waals surface area contributed by atoms with Gasteiger partial charge in [0.1, 0.15) is 0 Å². The van der Waals surface area contributed by atoms with Crippen molar-refractivity contribution in [1.29, 1.82) is 0 Å². The zero-order valence-electron chi connectivity index (χ0n) is 11.5. The van der Waals surface area contributed by atoms with Gasteiger partial charge in [0.2, 0.25) is 0 Å². The van der Waals surface area contributed by atoms with E-state index in [1.165, 1.54) is 6.08 Å². The Labute approximate surface area is 122 Å². The molecule has 0 aliphatic carbocycles. The zero-order valence-corrected chi connectivity index (χ0v) is 11.5. The molecule has 2 rings (SSSR count). The summed E-state index contributed by atoms with van der Waals surface area (Å²) in [5.74, 6) is -0.994. The molecule has 0 radical (unpaired) electrons. The van der Waals surface area contributed by atoms with Crippen molar-refractivity contribution < 1.29 is 19.4 Å². The molecule has 0 bridgehead atoms. The largest absolute Gasteiger partial charge is 0.478 e. The maximum atomic E-state index is 11.8. The highest BCUT2D eigenvalue weighted by Crippen LogP contribution is 2.11. The second kappa shape index (κ2) is 7.44. The molecule has 112 valence electrons. The number of amides is 2.